The molecule has 4 aliphatic rings. The number of benzene rings is 2. The van der Waals surface area contributed by atoms with Crippen LogP contribution in [-0.2, 0) is 32.0 Å². The summed E-state index contributed by atoms with van der Waals surface area (Å²) in [6, 6.07) is 17.3. The minimum Gasteiger partial charge on any atom is -0.368 e. The lowest BCUT2D eigenvalue weighted by atomic mass is 9.52. The lowest BCUT2D eigenvalue weighted by Gasteiger charge is -2.61. The summed E-state index contributed by atoms with van der Waals surface area (Å²) < 4.78 is 0. The standard InChI is InChI=1S/C37H51N5O4S/c1-3-39-31(19-25-10-6-4-7-11-25)36(46)41-30(14-15-47-2)35(45)40-24-33(43)42(32(34(38)44)20-26-12-8-5-9-13-26)37-21-27-16-28(22-37)18-29(17-27)23-37/h4-13,27-32,39H,3,14-24H2,1-2H3,(H2,38,44)(H,40,45)(H,41,46)/t27?,28?,29?,30-,31+,32+,37?/m1/s1. The van der Waals surface area contributed by atoms with E-state index in [0.717, 1.165) is 30.4 Å². The maximum absolute atomic E-state index is 14.4. The van der Waals surface area contributed by atoms with Crippen LogP contribution in [0.3, 0.4) is 0 Å². The molecule has 4 fully saturated rings. The quantitative estimate of drug-likeness (QED) is 0.205. The Kier molecular flexibility index (Phi) is 12.0. The van der Waals surface area contributed by atoms with E-state index in [9.17, 15) is 19.2 Å². The normalized spacial score (nSPS) is 24.6. The molecule has 2 aromatic carbocycles. The third kappa shape index (κ3) is 8.76. The minimum absolute atomic E-state index is 0.255. The zero-order valence-electron chi connectivity index (χ0n) is 27.8. The number of primary amides is 1. The van der Waals surface area contributed by atoms with Gasteiger partial charge in [-0.25, -0.2) is 0 Å². The Labute approximate surface area is 283 Å². The second-order valence-electron chi connectivity index (χ2n) is 13.9. The van der Waals surface area contributed by atoms with Gasteiger partial charge in [0.1, 0.15) is 12.1 Å². The lowest BCUT2D eigenvalue weighted by molar-refractivity contribution is -0.161. The average Bonchev–Trinajstić information content (AvgIpc) is 3.05. The molecule has 2 aromatic rings. The molecular weight excluding hydrogens is 611 g/mol. The second kappa shape index (κ2) is 16.2. The van der Waals surface area contributed by atoms with Gasteiger partial charge in [-0.15, -0.1) is 0 Å². The third-order valence-electron chi connectivity index (χ3n) is 10.4. The fourth-order valence-corrected chi connectivity index (χ4v) is 9.26. The van der Waals surface area contributed by atoms with Gasteiger partial charge in [0.15, 0.2) is 0 Å². The number of amides is 4. The number of hydrogen-bond donors (Lipinski definition) is 4. The highest BCUT2D eigenvalue weighted by Gasteiger charge is 2.56. The molecule has 0 spiro atoms. The summed E-state index contributed by atoms with van der Waals surface area (Å²) in [5.74, 6) is 0.827. The highest BCUT2D eigenvalue weighted by atomic mass is 32.2. The SMILES string of the molecule is CCN[C@@H](Cc1ccccc1)C(=O)N[C@H](CCSC)C(=O)NCC(=O)N([C@@H](Cc1ccccc1)C(N)=O)C12CC3CC(CC(C3)C1)C2. The zero-order valence-corrected chi connectivity index (χ0v) is 28.6. The number of likely N-dealkylation sites (N-methyl/N-ethyl adjacent to an activating group) is 1. The van der Waals surface area contributed by atoms with Gasteiger partial charge in [-0.2, -0.15) is 11.8 Å². The van der Waals surface area contributed by atoms with Crippen molar-refractivity contribution in [1.82, 2.24) is 20.9 Å². The zero-order chi connectivity index (χ0) is 33.4. The largest absolute Gasteiger partial charge is 0.368 e. The molecule has 47 heavy (non-hydrogen) atoms. The van der Waals surface area contributed by atoms with Crippen molar-refractivity contribution >= 4 is 35.4 Å². The number of nitrogens with zero attached hydrogens (tertiary/aromatic N) is 1. The highest BCUT2D eigenvalue weighted by Crippen LogP contribution is 2.58. The maximum atomic E-state index is 14.4. The summed E-state index contributed by atoms with van der Waals surface area (Å²) in [5, 5.41) is 9.08. The molecule has 0 heterocycles. The van der Waals surface area contributed by atoms with E-state index in [4.69, 9.17) is 5.73 Å². The first-order chi connectivity index (χ1) is 22.7. The fourth-order valence-electron chi connectivity index (χ4n) is 8.79. The van der Waals surface area contributed by atoms with Crippen molar-refractivity contribution in [1.29, 1.82) is 0 Å². The Balaban J connectivity index is 1.32. The fraction of sp³-hybridized carbons (Fsp3) is 0.568. The van der Waals surface area contributed by atoms with Crippen LogP contribution >= 0.6 is 11.8 Å². The Morgan fingerprint density at radius 3 is 1.91 bits per heavy atom. The van der Waals surface area contributed by atoms with Crippen molar-refractivity contribution in [3.05, 3.63) is 71.8 Å². The van der Waals surface area contributed by atoms with Gasteiger partial charge < -0.3 is 26.6 Å². The molecule has 4 amide bonds. The Morgan fingerprint density at radius 1 is 0.851 bits per heavy atom. The smallest absolute Gasteiger partial charge is 0.243 e. The van der Waals surface area contributed by atoms with Gasteiger partial charge in [-0.05, 0) is 98.8 Å². The van der Waals surface area contributed by atoms with E-state index < -0.39 is 35.5 Å². The Bertz CT molecular complexity index is 1340. The first-order valence-electron chi connectivity index (χ1n) is 17.2. The lowest BCUT2D eigenvalue weighted by Crippen LogP contribution is -2.67. The van der Waals surface area contributed by atoms with E-state index in [1.165, 1.54) is 19.3 Å². The van der Waals surface area contributed by atoms with Gasteiger partial charge in [0.25, 0.3) is 0 Å². The van der Waals surface area contributed by atoms with Gasteiger partial charge in [0, 0.05) is 12.0 Å². The minimum atomic E-state index is -0.816. The molecule has 254 valence electrons. The van der Waals surface area contributed by atoms with Gasteiger partial charge in [-0.1, -0.05) is 67.6 Å². The van der Waals surface area contributed by atoms with Crippen LogP contribution in [0.5, 0.6) is 0 Å². The molecule has 9 nitrogen and oxygen atoms in total. The van der Waals surface area contributed by atoms with Crippen LogP contribution in [0.15, 0.2) is 60.7 Å². The van der Waals surface area contributed by atoms with Crippen molar-refractivity contribution < 1.29 is 19.2 Å². The Morgan fingerprint density at radius 2 is 1.40 bits per heavy atom. The molecule has 0 unspecified atom stereocenters. The van der Waals surface area contributed by atoms with Crippen LogP contribution in [0.4, 0.5) is 0 Å². The summed E-state index contributed by atoms with van der Waals surface area (Å²) in [4.78, 5) is 56.5. The summed E-state index contributed by atoms with van der Waals surface area (Å²) in [5.41, 5.74) is 7.61. The molecule has 6 rings (SSSR count). The summed E-state index contributed by atoms with van der Waals surface area (Å²) in [6.07, 6.45) is 9.38. The van der Waals surface area contributed by atoms with E-state index >= 15 is 0 Å². The molecule has 0 saturated heterocycles. The maximum Gasteiger partial charge on any atom is 0.243 e. The molecule has 4 saturated carbocycles. The monoisotopic (exact) mass is 661 g/mol. The topological polar surface area (TPSA) is 134 Å². The number of nitrogens with one attached hydrogen (secondary N) is 3. The van der Waals surface area contributed by atoms with Crippen LogP contribution < -0.4 is 21.7 Å². The van der Waals surface area contributed by atoms with Crippen molar-refractivity contribution in [2.24, 2.45) is 23.5 Å². The summed E-state index contributed by atoms with van der Waals surface area (Å²) in [6.45, 7) is 2.29. The van der Waals surface area contributed by atoms with Crippen LogP contribution in [-0.4, -0.2) is 77.3 Å². The molecule has 0 aromatic heterocycles. The first-order valence-corrected chi connectivity index (χ1v) is 18.6. The van der Waals surface area contributed by atoms with Gasteiger partial charge >= 0.3 is 0 Å². The predicted octanol–water partition coefficient (Wildman–Crippen LogP) is 3.46. The van der Waals surface area contributed by atoms with Crippen molar-refractivity contribution in [2.45, 2.75) is 88.4 Å². The van der Waals surface area contributed by atoms with E-state index in [-0.39, 0.29) is 18.4 Å². The van der Waals surface area contributed by atoms with Crippen molar-refractivity contribution in [3.8, 4) is 0 Å². The molecule has 0 aliphatic heterocycles. The van der Waals surface area contributed by atoms with Gasteiger partial charge in [-0.3, -0.25) is 19.2 Å². The Hall–Kier alpha value is -3.37. The van der Waals surface area contributed by atoms with E-state index in [0.29, 0.717) is 49.3 Å². The van der Waals surface area contributed by atoms with Crippen molar-refractivity contribution in [2.75, 3.05) is 25.1 Å². The van der Waals surface area contributed by atoms with Crippen LogP contribution in [0.25, 0.3) is 0 Å². The molecule has 3 atom stereocenters. The van der Waals surface area contributed by atoms with Gasteiger partial charge in [0.2, 0.25) is 23.6 Å². The van der Waals surface area contributed by atoms with E-state index in [1.54, 1.807) is 16.7 Å². The van der Waals surface area contributed by atoms with Crippen LogP contribution in [0, 0.1) is 17.8 Å². The number of carbonyl (C=O) groups excluding carboxylic acids is 4. The first kappa shape index (κ1) is 35.0. The highest BCUT2D eigenvalue weighted by molar-refractivity contribution is 7.98. The third-order valence-corrected chi connectivity index (χ3v) is 11.0. The number of nitrogens with two attached hydrogens (primary N) is 1. The van der Waals surface area contributed by atoms with Crippen LogP contribution in [0.1, 0.15) is 63.0 Å². The average molecular weight is 662 g/mol. The predicted molar refractivity (Wildman–Crippen MR) is 186 cm³/mol. The second-order valence-corrected chi connectivity index (χ2v) is 14.9. The van der Waals surface area contributed by atoms with Crippen LogP contribution in [0.2, 0.25) is 0 Å². The molecule has 4 aliphatic carbocycles. The molecule has 10 heteroatoms. The number of hydrogen-bond acceptors (Lipinski definition) is 6. The number of rotatable bonds is 17. The summed E-state index contributed by atoms with van der Waals surface area (Å²) >= 11 is 1.59. The molecule has 5 N–H and O–H groups in total. The molecular formula is C37H51N5O4S. The number of thioether (sulfide) groups is 1. The van der Waals surface area contributed by atoms with Crippen molar-refractivity contribution in [3.63, 3.8) is 0 Å². The molecule has 4 bridgehead atoms. The van der Waals surface area contributed by atoms with E-state index in [2.05, 4.69) is 16.0 Å². The van der Waals surface area contributed by atoms with E-state index in [1.807, 2.05) is 73.8 Å². The van der Waals surface area contributed by atoms with Gasteiger partial charge in [0.05, 0.1) is 12.6 Å². The summed E-state index contributed by atoms with van der Waals surface area (Å²) in [7, 11) is 0. The molecule has 0 radical (unpaired) electrons. The number of carbonyl (C=O) groups is 4.